The standard InChI is InChI=1S/C8H13NO4/c1-4-7(9(11)12)5-13-8(10)6(2)3/h7H,2,4-5H2,1,3H3. The number of carbonyl (C=O) groups is 1. The Morgan fingerprint density at radius 2 is 2.23 bits per heavy atom. The second-order valence-corrected chi connectivity index (χ2v) is 2.73. The van der Waals surface area contributed by atoms with Gasteiger partial charge in [0.1, 0.15) is 0 Å². The number of carbonyl (C=O) groups excluding carboxylic acids is 1. The van der Waals surface area contributed by atoms with Crippen molar-refractivity contribution in [1.82, 2.24) is 0 Å². The molecule has 0 heterocycles. The van der Waals surface area contributed by atoms with Gasteiger partial charge in [-0.15, -0.1) is 0 Å². The lowest BCUT2D eigenvalue weighted by molar-refractivity contribution is -0.525. The van der Waals surface area contributed by atoms with E-state index in [1.54, 1.807) is 6.92 Å². The zero-order chi connectivity index (χ0) is 10.4. The first-order valence-corrected chi connectivity index (χ1v) is 3.95. The summed E-state index contributed by atoms with van der Waals surface area (Å²) in [6.45, 7) is 6.34. The molecule has 0 rings (SSSR count). The molecule has 0 spiro atoms. The number of nitrogens with zero attached hydrogens (tertiary/aromatic N) is 1. The van der Waals surface area contributed by atoms with Crippen molar-refractivity contribution in [2.24, 2.45) is 0 Å². The predicted octanol–water partition coefficient (Wildman–Crippen LogP) is 1.16. The summed E-state index contributed by atoms with van der Waals surface area (Å²) in [7, 11) is 0. The number of ether oxygens (including phenoxy) is 1. The van der Waals surface area contributed by atoms with Gasteiger partial charge in [0.05, 0.1) is 0 Å². The van der Waals surface area contributed by atoms with Crippen LogP contribution >= 0.6 is 0 Å². The Labute approximate surface area is 76.5 Å². The van der Waals surface area contributed by atoms with E-state index >= 15 is 0 Å². The quantitative estimate of drug-likeness (QED) is 0.280. The second kappa shape index (κ2) is 5.29. The highest BCUT2D eigenvalue weighted by Crippen LogP contribution is 1.99. The molecule has 0 aliphatic heterocycles. The van der Waals surface area contributed by atoms with Crippen LogP contribution in [0.3, 0.4) is 0 Å². The predicted molar refractivity (Wildman–Crippen MR) is 46.8 cm³/mol. The summed E-state index contributed by atoms with van der Waals surface area (Å²) in [6.07, 6.45) is 0.344. The monoisotopic (exact) mass is 187 g/mol. The molecule has 0 bridgehead atoms. The molecule has 0 N–H and O–H groups in total. The summed E-state index contributed by atoms with van der Waals surface area (Å²) in [5.41, 5.74) is 0.248. The SMILES string of the molecule is C=C(C)C(=O)OCC(CC)[N+](=O)[O-]. The first-order valence-electron chi connectivity index (χ1n) is 3.95. The van der Waals surface area contributed by atoms with Crippen LogP contribution in [-0.2, 0) is 9.53 Å². The van der Waals surface area contributed by atoms with Crippen LogP contribution in [0.25, 0.3) is 0 Å². The molecule has 5 heteroatoms. The Morgan fingerprint density at radius 3 is 2.54 bits per heavy atom. The van der Waals surface area contributed by atoms with Gasteiger partial charge in [0.2, 0.25) is 6.04 Å². The van der Waals surface area contributed by atoms with E-state index < -0.39 is 16.9 Å². The Hall–Kier alpha value is -1.39. The third-order valence-corrected chi connectivity index (χ3v) is 1.52. The Balaban J connectivity index is 3.92. The molecule has 1 unspecified atom stereocenters. The summed E-state index contributed by atoms with van der Waals surface area (Å²) >= 11 is 0. The van der Waals surface area contributed by atoms with Crippen LogP contribution in [0.5, 0.6) is 0 Å². The number of rotatable bonds is 5. The highest BCUT2D eigenvalue weighted by atomic mass is 16.6. The van der Waals surface area contributed by atoms with E-state index in [0.717, 1.165) is 0 Å². The van der Waals surface area contributed by atoms with Crippen molar-refractivity contribution >= 4 is 5.97 Å². The maximum atomic E-state index is 10.8. The lowest BCUT2D eigenvalue weighted by Crippen LogP contribution is -2.26. The fourth-order valence-electron chi connectivity index (χ4n) is 0.623. The zero-order valence-electron chi connectivity index (χ0n) is 7.78. The lowest BCUT2D eigenvalue weighted by Gasteiger charge is -2.07. The van der Waals surface area contributed by atoms with Crippen LogP contribution in [0.4, 0.5) is 0 Å². The van der Waals surface area contributed by atoms with Gasteiger partial charge in [-0.3, -0.25) is 10.1 Å². The average Bonchev–Trinajstić information content (AvgIpc) is 2.04. The van der Waals surface area contributed by atoms with Gasteiger partial charge >= 0.3 is 5.97 Å². The Kier molecular flexibility index (Phi) is 4.72. The van der Waals surface area contributed by atoms with Gasteiger partial charge in [-0.25, -0.2) is 4.79 Å². The molecule has 0 aromatic heterocycles. The fourth-order valence-corrected chi connectivity index (χ4v) is 0.623. The summed E-state index contributed by atoms with van der Waals surface area (Å²) in [5, 5.41) is 10.3. The van der Waals surface area contributed by atoms with Gasteiger partial charge in [-0.05, 0) is 6.92 Å². The van der Waals surface area contributed by atoms with Gasteiger partial charge in [0, 0.05) is 16.9 Å². The molecule has 0 radical (unpaired) electrons. The molecule has 0 aromatic carbocycles. The van der Waals surface area contributed by atoms with E-state index in [0.29, 0.717) is 6.42 Å². The van der Waals surface area contributed by atoms with Crippen molar-refractivity contribution < 1.29 is 14.5 Å². The van der Waals surface area contributed by atoms with Crippen LogP contribution in [-0.4, -0.2) is 23.5 Å². The first-order chi connectivity index (χ1) is 5.99. The number of esters is 1. The Bertz CT molecular complexity index is 224. The minimum Gasteiger partial charge on any atom is -0.455 e. The van der Waals surface area contributed by atoms with Gasteiger partial charge in [0.25, 0.3) is 0 Å². The average molecular weight is 187 g/mol. The smallest absolute Gasteiger partial charge is 0.333 e. The van der Waals surface area contributed by atoms with Crippen LogP contribution in [0.15, 0.2) is 12.2 Å². The highest BCUT2D eigenvalue weighted by Gasteiger charge is 2.19. The molecule has 1 atom stereocenters. The third kappa shape index (κ3) is 4.25. The first kappa shape index (κ1) is 11.6. The van der Waals surface area contributed by atoms with Crippen molar-refractivity contribution in [3.8, 4) is 0 Å². The van der Waals surface area contributed by atoms with Crippen LogP contribution < -0.4 is 0 Å². The largest absolute Gasteiger partial charge is 0.455 e. The molecule has 0 aromatic rings. The van der Waals surface area contributed by atoms with Gasteiger partial charge in [0.15, 0.2) is 6.61 Å². The fraction of sp³-hybridized carbons (Fsp3) is 0.625. The molecular weight excluding hydrogens is 174 g/mol. The van der Waals surface area contributed by atoms with Crippen LogP contribution in [0, 0.1) is 10.1 Å². The van der Waals surface area contributed by atoms with E-state index in [9.17, 15) is 14.9 Å². The van der Waals surface area contributed by atoms with E-state index in [4.69, 9.17) is 0 Å². The molecule has 0 amide bonds. The molecule has 0 aliphatic carbocycles. The zero-order valence-corrected chi connectivity index (χ0v) is 7.78. The minimum atomic E-state index is -0.816. The molecule has 0 fully saturated rings. The molecule has 74 valence electrons. The van der Waals surface area contributed by atoms with Crippen molar-refractivity contribution in [3.63, 3.8) is 0 Å². The topological polar surface area (TPSA) is 69.4 Å². The molecule has 13 heavy (non-hydrogen) atoms. The maximum absolute atomic E-state index is 10.8. The number of nitro groups is 1. The summed E-state index contributed by atoms with van der Waals surface area (Å²) < 4.78 is 4.64. The number of hydrogen-bond acceptors (Lipinski definition) is 4. The van der Waals surface area contributed by atoms with E-state index in [1.165, 1.54) is 6.92 Å². The van der Waals surface area contributed by atoms with Crippen LogP contribution in [0.1, 0.15) is 20.3 Å². The molecular formula is C8H13NO4. The normalized spacial score (nSPS) is 11.8. The van der Waals surface area contributed by atoms with Gasteiger partial charge < -0.3 is 4.74 Å². The molecule has 0 saturated heterocycles. The van der Waals surface area contributed by atoms with Gasteiger partial charge in [-0.2, -0.15) is 0 Å². The molecule has 5 nitrogen and oxygen atoms in total. The van der Waals surface area contributed by atoms with Gasteiger partial charge in [-0.1, -0.05) is 13.5 Å². The van der Waals surface area contributed by atoms with Crippen molar-refractivity contribution in [1.29, 1.82) is 0 Å². The Morgan fingerprint density at radius 1 is 1.69 bits per heavy atom. The summed E-state index contributed by atoms with van der Waals surface area (Å²) in [4.78, 5) is 20.7. The second-order valence-electron chi connectivity index (χ2n) is 2.73. The summed E-state index contributed by atoms with van der Waals surface area (Å²) in [6, 6.07) is -0.816. The third-order valence-electron chi connectivity index (χ3n) is 1.52. The van der Waals surface area contributed by atoms with Crippen molar-refractivity contribution in [2.45, 2.75) is 26.3 Å². The summed E-state index contributed by atoms with van der Waals surface area (Å²) in [5.74, 6) is -0.583. The van der Waals surface area contributed by atoms with E-state index in [-0.39, 0.29) is 12.2 Å². The van der Waals surface area contributed by atoms with Crippen LogP contribution in [0.2, 0.25) is 0 Å². The number of hydrogen-bond donors (Lipinski definition) is 0. The molecule has 0 saturated carbocycles. The highest BCUT2D eigenvalue weighted by molar-refractivity contribution is 5.86. The van der Waals surface area contributed by atoms with E-state index in [1.807, 2.05) is 0 Å². The maximum Gasteiger partial charge on any atom is 0.333 e. The minimum absolute atomic E-state index is 0.185. The van der Waals surface area contributed by atoms with Crippen molar-refractivity contribution in [3.05, 3.63) is 22.3 Å². The molecule has 0 aliphatic rings. The van der Waals surface area contributed by atoms with E-state index in [2.05, 4.69) is 11.3 Å². The lowest BCUT2D eigenvalue weighted by atomic mass is 10.2. The van der Waals surface area contributed by atoms with Crippen molar-refractivity contribution in [2.75, 3.05) is 6.61 Å².